The molecule has 2 rings (SSSR count). The largest absolute Gasteiger partial charge is 0.491 e. The van der Waals surface area contributed by atoms with Crippen LogP contribution in [-0.2, 0) is 6.54 Å². The zero-order chi connectivity index (χ0) is 14.5. The SMILES string of the molecule is CCOc1ccc(CN2CCC(C(C)N)CC2)cc1F.Cl. The molecule has 0 aromatic heterocycles. The maximum Gasteiger partial charge on any atom is 0.165 e. The van der Waals surface area contributed by atoms with E-state index < -0.39 is 0 Å². The van der Waals surface area contributed by atoms with E-state index in [1.807, 2.05) is 13.0 Å². The Hall–Kier alpha value is -0.840. The van der Waals surface area contributed by atoms with Gasteiger partial charge in [0, 0.05) is 12.6 Å². The van der Waals surface area contributed by atoms with Crippen LogP contribution in [-0.4, -0.2) is 30.6 Å². The third-order valence-electron chi connectivity index (χ3n) is 4.08. The molecule has 1 fully saturated rings. The van der Waals surface area contributed by atoms with E-state index in [1.165, 1.54) is 0 Å². The fourth-order valence-corrected chi connectivity index (χ4v) is 2.81. The van der Waals surface area contributed by atoms with Gasteiger partial charge in [-0.3, -0.25) is 4.90 Å². The topological polar surface area (TPSA) is 38.5 Å². The number of likely N-dealkylation sites (tertiary alicyclic amines) is 1. The molecule has 0 aliphatic carbocycles. The van der Waals surface area contributed by atoms with Gasteiger partial charge in [-0.25, -0.2) is 4.39 Å². The molecule has 2 N–H and O–H groups in total. The second kappa shape index (κ2) is 8.57. The first-order valence-corrected chi connectivity index (χ1v) is 7.49. The normalized spacial score (nSPS) is 18.1. The summed E-state index contributed by atoms with van der Waals surface area (Å²) in [5.74, 6) is 0.699. The number of rotatable bonds is 5. The first-order valence-electron chi connectivity index (χ1n) is 7.49. The van der Waals surface area contributed by atoms with Gasteiger partial charge in [0.1, 0.15) is 0 Å². The number of hydrogen-bond acceptors (Lipinski definition) is 3. The molecule has 21 heavy (non-hydrogen) atoms. The smallest absolute Gasteiger partial charge is 0.165 e. The lowest BCUT2D eigenvalue weighted by molar-refractivity contribution is 0.165. The maximum atomic E-state index is 13.8. The molecule has 1 saturated heterocycles. The van der Waals surface area contributed by atoms with Crippen LogP contribution < -0.4 is 10.5 Å². The summed E-state index contributed by atoms with van der Waals surface area (Å²) in [7, 11) is 0. The highest BCUT2D eigenvalue weighted by Gasteiger charge is 2.21. The number of hydrogen-bond donors (Lipinski definition) is 1. The lowest BCUT2D eigenvalue weighted by Crippen LogP contribution is -2.39. The molecule has 1 aliphatic rings. The van der Waals surface area contributed by atoms with E-state index >= 15 is 0 Å². The van der Waals surface area contributed by atoms with Gasteiger partial charge in [-0.15, -0.1) is 12.4 Å². The Morgan fingerprint density at radius 3 is 2.57 bits per heavy atom. The second-order valence-electron chi connectivity index (χ2n) is 5.67. The Morgan fingerprint density at radius 1 is 1.38 bits per heavy atom. The van der Waals surface area contributed by atoms with Crippen LogP contribution in [0.15, 0.2) is 18.2 Å². The van der Waals surface area contributed by atoms with Crippen molar-refractivity contribution in [3.05, 3.63) is 29.6 Å². The van der Waals surface area contributed by atoms with Gasteiger partial charge in [0.25, 0.3) is 0 Å². The Labute approximate surface area is 133 Å². The summed E-state index contributed by atoms with van der Waals surface area (Å²) in [5.41, 5.74) is 6.95. The molecule has 0 saturated carbocycles. The Balaban J connectivity index is 0.00000220. The summed E-state index contributed by atoms with van der Waals surface area (Å²) in [6.07, 6.45) is 2.27. The molecule has 1 heterocycles. The van der Waals surface area contributed by atoms with Crippen molar-refractivity contribution in [2.75, 3.05) is 19.7 Å². The molecule has 1 unspecified atom stereocenters. The fraction of sp³-hybridized carbons (Fsp3) is 0.625. The quantitative estimate of drug-likeness (QED) is 0.906. The molecular formula is C16H26ClFN2O. The van der Waals surface area contributed by atoms with E-state index in [0.29, 0.717) is 18.3 Å². The molecule has 1 aromatic rings. The van der Waals surface area contributed by atoms with Crippen molar-refractivity contribution in [3.8, 4) is 5.75 Å². The number of nitrogens with two attached hydrogens (primary N) is 1. The van der Waals surface area contributed by atoms with Gasteiger partial charge in [0.15, 0.2) is 11.6 Å². The van der Waals surface area contributed by atoms with Crippen LogP contribution in [0.25, 0.3) is 0 Å². The molecule has 0 spiro atoms. The predicted molar refractivity (Wildman–Crippen MR) is 86.5 cm³/mol. The number of nitrogens with zero attached hydrogens (tertiary/aromatic N) is 1. The van der Waals surface area contributed by atoms with Crippen molar-refractivity contribution in [3.63, 3.8) is 0 Å². The summed E-state index contributed by atoms with van der Waals surface area (Å²) in [6, 6.07) is 5.54. The zero-order valence-corrected chi connectivity index (χ0v) is 13.7. The number of halogens is 2. The fourth-order valence-electron chi connectivity index (χ4n) is 2.81. The minimum absolute atomic E-state index is 0. The van der Waals surface area contributed by atoms with Crippen molar-refractivity contribution in [2.24, 2.45) is 11.7 Å². The Bertz CT molecular complexity index is 434. The van der Waals surface area contributed by atoms with Crippen molar-refractivity contribution >= 4 is 12.4 Å². The third-order valence-corrected chi connectivity index (χ3v) is 4.08. The summed E-state index contributed by atoms with van der Waals surface area (Å²) < 4.78 is 19.0. The highest BCUT2D eigenvalue weighted by atomic mass is 35.5. The second-order valence-corrected chi connectivity index (χ2v) is 5.67. The lowest BCUT2D eigenvalue weighted by Gasteiger charge is -2.33. The minimum Gasteiger partial charge on any atom is -0.491 e. The van der Waals surface area contributed by atoms with Crippen LogP contribution in [0.3, 0.4) is 0 Å². The van der Waals surface area contributed by atoms with E-state index in [1.54, 1.807) is 12.1 Å². The summed E-state index contributed by atoms with van der Waals surface area (Å²) in [5, 5.41) is 0. The molecule has 120 valence electrons. The molecular weight excluding hydrogens is 291 g/mol. The molecule has 5 heteroatoms. The molecule has 0 bridgehead atoms. The third kappa shape index (κ3) is 5.13. The van der Waals surface area contributed by atoms with Crippen LogP contribution in [0.1, 0.15) is 32.3 Å². The average Bonchev–Trinajstić information content (AvgIpc) is 2.42. The van der Waals surface area contributed by atoms with Gasteiger partial charge in [-0.05, 0) is 63.4 Å². The average molecular weight is 317 g/mol. The summed E-state index contributed by atoms with van der Waals surface area (Å²) in [4.78, 5) is 2.37. The number of piperidine rings is 1. The van der Waals surface area contributed by atoms with E-state index in [-0.39, 0.29) is 24.3 Å². The van der Waals surface area contributed by atoms with Crippen molar-refractivity contribution in [1.82, 2.24) is 4.90 Å². The van der Waals surface area contributed by atoms with E-state index in [2.05, 4.69) is 11.8 Å². The van der Waals surface area contributed by atoms with Crippen LogP contribution in [0.5, 0.6) is 5.75 Å². The van der Waals surface area contributed by atoms with Gasteiger partial charge in [0.05, 0.1) is 6.61 Å². The van der Waals surface area contributed by atoms with Gasteiger partial charge in [-0.2, -0.15) is 0 Å². The van der Waals surface area contributed by atoms with Crippen LogP contribution in [0.2, 0.25) is 0 Å². The standard InChI is InChI=1S/C16H25FN2O.ClH/c1-3-20-16-5-4-13(10-15(16)17)11-19-8-6-14(7-9-19)12(2)18;/h4-5,10,12,14H,3,6-9,11,18H2,1-2H3;1H. The summed E-state index contributed by atoms with van der Waals surface area (Å²) in [6.45, 7) is 7.32. The first kappa shape index (κ1) is 18.2. The van der Waals surface area contributed by atoms with Gasteiger partial charge < -0.3 is 10.5 Å². The number of benzene rings is 1. The molecule has 1 aromatic carbocycles. The maximum absolute atomic E-state index is 13.8. The highest BCUT2D eigenvalue weighted by Crippen LogP contribution is 2.23. The van der Waals surface area contributed by atoms with Crippen molar-refractivity contribution in [2.45, 2.75) is 39.3 Å². The van der Waals surface area contributed by atoms with Gasteiger partial charge in [0.2, 0.25) is 0 Å². The molecule has 0 amide bonds. The molecule has 0 radical (unpaired) electrons. The predicted octanol–water partition coefficient (Wildman–Crippen LogP) is 3.21. The van der Waals surface area contributed by atoms with E-state index in [4.69, 9.17) is 10.5 Å². The van der Waals surface area contributed by atoms with Crippen LogP contribution >= 0.6 is 12.4 Å². The number of ether oxygens (including phenoxy) is 1. The highest BCUT2D eigenvalue weighted by molar-refractivity contribution is 5.85. The van der Waals surface area contributed by atoms with E-state index in [9.17, 15) is 4.39 Å². The Morgan fingerprint density at radius 2 is 2.05 bits per heavy atom. The Kier molecular flexibility index (Phi) is 7.43. The molecule has 1 aliphatic heterocycles. The lowest BCUT2D eigenvalue weighted by atomic mass is 9.91. The van der Waals surface area contributed by atoms with Crippen LogP contribution in [0.4, 0.5) is 4.39 Å². The molecule has 1 atom stereocenters. The van der Waals surface area contributed by atoms with Gasteiger partial charge in [-0.1, -0.05) is 6.07 Å². The summed E-state index contributed by atoms with van der Waals surface area (Å²) >= 11 is 0. The van der Waals surface area contributed by atoms with Gasteiger partial charge >= 0.3 is 0 Å². The first-order chi connectivity index (χ1) is 9.60. The van der Waals surface area contributed by atoms with Crippen LogP contribution in [0, 0.1) is 11.7 Å². The van der Waals surface area contributed by atoms with E-state index in [0.717, 1.165) is 38.0 Å². The minimum atomic E-state index is -0.269. The monoisotopic (exact) mass is 316 g/mol. The zero-order valence-electron chi connectivity index (χ0n) is 12.8. The van der Waals surface area contributed by atoms with Crippen molar-refractivity contribution < 1.29 is 9.13 Å². The molecule has 3 nitrogen and oxygen atoms in total. The van der Waals surface area contributed by atoms with Crippen molar-refractivity contribution in [1.29, 1.82) is 0 Å².